The number of nitrogens with two attached hydrogens (primary N) is 1. The highest BCUT2D eigenvalue weighted by atomic mass is 32.2. The van der Waals surface area contributed by atoms with Gasteiger partial charge in [0.15, 0.2) is 0 Å². The maximum absolute atomic E-state index is 12.5. The number of non-ortho nitro benzene ring substituents is 1. The highest BCUT2D eigenvalue weighted by molar-refractivity contribution is 7.89. The van der Waals surface area contributed by atoms with Gasteiger partial charge in [-0.3, -0.25) is 14.9 Å². The minimum atomic E-state index is -4.12. The van der Waals surface area contributed by atoms with Crippen LogP contribution in [0.4, 0.5) is 5.69 Å². The Kier molecular flexibility index (Phi) is 5.37. The van der Waals surface area contributed by atoms with Crippen LogP contribution in [0.25, 0.3) is 22.4 Å². The lowest BCUT2D eigenvalue weighted by Crippen LogP contribution is -2.15. The van der Waals surface area contributed by atoms with Crippen molar-refractivity contribution in [1.82, 2.24) is 4.98 Å². The number of nitro groups is 1. The SMILES string of the molecule is COc1ccc(-c2cc(-c3cccc([N+](=O)[O-])c3)c(C#N)c(=O)[nH]2)cc1S(N)(=O)=O. The highest BCUT2D eigenvalue weighted by Gasteiger charge is 2.19. The number of hydrogen-bond acceptors (Lipinski definition) is 7. The van der Waals surface area contributed by atoms with Gasteiger partial charge in [-0.2, -0.15) is 5.26 Å². The Morgan fingerprint density at radius 1 is 1.17 bits per heavy atom. The van der Waals surface area contributed by atoms with Crippen molar-refractivity contribution in [2.45, 2.75) is 4.90 Å². The second kappa shape index (κ2) is 7.78. The summed E-state index contributed by atoms with van der Waals surface area (Å²) in [5.41, 5.74) is -0.259. The lowest BCUT2D eigenvalue weighted by Gasteiger charge is -2.11. The van der Waals surface area contributed by atoms with E-state index in [4.69, 9.17) is 9.88 Å². The predicted octanol–water partition coefficient (Wildman–Crippen LogP) is 2.14. The third kappa shape index (κ3) is 3.90. The summed E-state index contributed by atoms with van der Waals surface area (Å²) in [4.78, 5) is 25.2. The summed E-state index contributed by atoms with van der Waals surface area (Å²) in [5.74, 6) is 0.0242. The zero-order chi connectivity index (χ0) is 22.1. The molecule has 0 spiro atoms. The zero-order valence-corrected chi connectivity index (χ0v) is 16.3. The lowest BCUT2D eigenvalue weighted by atomic mass is 9.98. The molecule has 0 bridgehead atoms. The molecule has 0 saturated heterocycles. The minimum absolute atomic E-state index is 0.0242. The molecule has 1 heterocycles. The first-order valence-electron chi connectivity index (χ1n) is 8.29. The van der Waals surface area contributed by atoms with Crippen LogP contribution in [0.3, 0.4) is 0 Å². The monoisotopic (exact) mass is 426 g/mol. The van der Waals surface area contributed by atoms with Gasteiger partial charge in [0.05, 0.1) is 12.0 Å². The number of sulfonamides is 1. The third-order valence-corrected chi connectivity index (χ3v) is 5.23. The molecule has 0 aliphatic heterocycles. The smallest absolute Gasteiger partial charge is 0.270 e. The number of nitrogens with zero attached hydrogens (tertiary/aromatic N) is 2. The number of ether oxygens (including phenoxy) is 1. The molecule has 11 heteroatoms. The highest BCUT2D eigenvalue weighted by Crippen LogP contribution is 2.31. The quantitative estimate of drug-likeness (QED) is 0.465. The van der Waals surface area contributed by atoms with Crippen LogP contribution in [0.5, 0.6) is 5.75 Å². The molecule has 1 aromatic heterocycles. The molecule has 0 aliphatic carbocycles. The number of primary sulfonamides is 1. The van der Waals surface area contributed by atoms with E-state index in [1.807, 2.05) is 0 Å². The molecule has 30 heavy (non-hydrogen) atoms. The molecular formula is C19H14N4O6S. The molecule has 3 N–H and O–H groups in total. The van der Waals surface area contributed by atoms with Crippen molar-refractivity contribution in [2.24, 2.45) is 5.14 Å². The molecule has 3 rings (SSSR count). The minimum Gasteiger partial charge on any atom is -0.495 e. The van der Waals surface area contributed by atoms with E-state index in [1.54, 1.807) is 6.07 Å². The van der Waals surface area contributed by atoms with Crippen molar-refractivity contribution in [2.75, 3.05) is 7.11 Å². The van der Waals surface area contributed by atoms with Gasteiger partial charge in [0.1, 0.15) is 22.3 Å². The van der Waals surface area contributed by atoms with Gasteiger partial charge in [-0.15, -0.1) is 0 Å². The van der Waals surface area contributed by atoms with Crippen molar-refractivity contribution >= 4 is 15.7 Å². The molecule has 0 fully saturated rings. The summed E-state index contributed by atoms with van der Waals surface area (Å²) in [6, 6.07) is 12.8. The van der Waals surface area contributed by atoms with E-state index < -0.39 is 20.5 Å². The Bertz CT molecular complexity index is 1370. The Morgan fingerprint density at radius 3 is 2.50 bits per heavy atom. The van der Waals surface area contributed by atoms with Crippen LogP contribution in [0.15, 0.2) is 58.2 Å². The number of hydrogen-bond donors (Lipinski definition) is 2. The molecule has 0 radical (unpaired) electrons. The first-order chi connectivity index (χ1) is 14.2. The number of nitriles is 1. The second-order valence-corrected chi connectivity index (χ2v) is 7.66. The third-order valence-electron chi connectivity index (χ3n) is 4.29. The number of rotatable bonds is 5. The number of nitrogens with one attached hydrogen (secondary N) is 1. The van der Waals surface area contributed by atoms with Crippen LogP contribution in [-0.4, -0.2) is 25.4 Å². The molecule has 0 unspecified atom stereocenters. The molecule has 0 aliphatic rings. The second-order valence-electron chi connectivity index (χ2n) is 6.13. The molecule has 2 aromatic carbocycles. The summed E-state index contributed by atoms with van der Waals surface area (Å²) in [5, 5.41) is 25.7. The van der Waals surface area contributed by atoms with E-state index in [1.165, 1.54) is 55.6 Å². The first kappa shape index (κ1) is 20.7. The van der Waals surface area contributed by atoms with Crippen LogP contribution in [-0.2, 0) is 10.0 Å². The van der Waals surface area contributed by atoms with Gasteiger partial charge in [0.2, 0.25) is 10.0 Å². The number of methoxy groups -OCH3 is 1. The first-order valence-corrected chi connectivity index (χ1v) is 9.84. The Hall–Kier alpha value is -4.01. The average molecular weight is 426 g/mol. The number of benzene rings is 2. The Labute approximate surface area is 170 Å². The number of H-pyrrole nitrogens is 1. The number of aromatic amines is 1. The molecule has 0 atom stereocenters. The van der Waals surface area contributed by atoms with Gasteiger partial charge in [-0.25, -0.2) is 13.6 Å². The summed E-state index contributed by atoms with van der Waals surface area (Å²) >= 11 is 0. The standard InChI is InChI=1S/C19H14N4O6S/c1-29-17-6-5-12(8-18(17)30(21,27)28)16-9-14(15(10-20)19(24)22-16)11-3-2-4-13(7-11)23(25)26/h2-9H,1H3,(H,22,24)(H2,21,27,28). The molecular weight excluding hydrogens is 412 g/mol. The molecule has 152 valence electrons. The fourth-order valence-electron chi connectivity index (χ4n) is 2.91. The van der Waals surface area contributed by atoms with Gasteiger partial charge in [-0.1, -0.05) is 12.1 Å². The van der Waals surface area contributed by atoms with Gasteiger partial charge < -0.3 is 9.72 Å². The predicted molar refractivity (Wildman–Crippen MR) is 107 cm³/mol. The summed E-state index contributed by atoms with van der Waals surface area (Å²) in [7, 11) is -2.84. The summed E-state index contributed by atoms with van der Waals surface area (Å²) in [6.45, 7) is 0. The molecule has 3 aromatic rings. The Morgan fingerprint density at radius 2 is 1.90 bits per heavy atom. The van der Waals surface area contributed by atoms with E-state index >= 15 is 0 Å². The fraction of sp³-hybridized carbons (Fsp3) is 0.0526. The van der Waals surface area contributed by atoms with E-state index in [2.05, 4.69) is 4.98 Å². The maximum Gasteiger partial charge on any atom is 0.270 e. The Balaban J connectivity index is 2.28. The summed E-state index contributed by atoms with van der Waals surface area (Å²) < 4.78 is 28.8. The van der Waals surface area contributed by atoms with E-state index in [0.29, 0.717) is 0 Å². The molecule has 10 nitrogen and oxygen atoms in total. The maximum atomic E-state index is 12.5. The average Bonchev–Trinajstić information content (AvgIpc) is 2.72. The zero-order valence-electron chi connectivity index (χ0n) is 15.4. The van der Waals surface area contributed by atoms with E-state index in [9.17, 15) is 28.6 Å². The van der Waals surface area contributed by atoms with Crippen molar-refractivity contribution in [3.63, 3.8) is 0 Å². The van der Waals surface area contributed by atoms with Crippen molar-refractivity contribution in [3.05, 3.63) is 74.6 Å². The van der Waals surface area contributed by atoms with Crippen LogP contribution >= 0.6 is 0 Å². The van der Waals surface area contributed by atoms with Gasteiger partial charge in [0, 0.05) is 23.4 Å². The number of nitro benzene ring substituents is 1. The molecule has 0 amide bonds. The largest absolute Gasteiger partial charge is 0.495 e. The van der Waals surface area contributed by atoms with Crippen LogP contribution in [0.2, 0.25) is 0 Å². The lowest BCUT2D eigenvalue weighted by molar-refractivity contribution is -0.384. The van der Waals surface area contributed by atoms with E-state index in [0.717, 1.165) is 0 Å². The van der Waals surface area contributed by atoms with E-state index in [-0.39, 0.29) is 44.3 Å². The number of pyridine rings is 1. The fourth-order valence-corrected chi connectivity index (χ4v) is 3.63. The van der Waals surface area contributed by atoms with Gasteiger partial charge >= 0.3 is 0 Å². The van der Waals surface area contributed by atoms with Gasteiger partial charge in [-0.05, 0) is 35.4 Å². The van der Waals surface area contributed by atoms with Crippen molar-refractivity contribution in [1.29, 1.82) is 5.26 Å². The number of aromatic nitrogens is 1. The van der Waals surface area contributed by atoms with Crippen LogP contribution in [0, 0.1) is 21.4 Å². The van der Waals surface area contributed by atoms with Crippen LogP contribution in [0.1, 0.15) is 5.56 Å². The topological polar surface area (TPSA) is 169 Å². The van der Waals surface area contributed by atoms with Crippen molar-refractivity contribution in [3.8, 4) is 34.2 Å². The van der Waals surface area contributed by atoms with Gasteiger partial charge in [0.25, 0.3) is 11.2 Å². The van der Waals surface area contributed by atoms with Crippen LogP contribution < -0.4 is 15.4 Å². The molecule has 0 saturated carbocycles. The summed E-state index contributed by atoms with van der Waals surface area (Å²) in [6.07, 6.45) is 0. The van der Waals surface area contributed by atoms with Crippen molar-refractivity contribution < 1.29 is 18.1 Å². The normalized spacial score (nSPS) is 11.0.